The van der Waals surface area contributed by atoms with Gasteiger partial charge in [-0.25, -0.2) is 24.6 Å². The molecule has 2 saturated carbocycles. The molecule has 1 unspecified atom stereocenters. The van der Waals surface area contributed by atoms with E-state index in [0.717, 1.165) is 269 Å². The molecular weight excluding hydrogens is 1840 g/mol. The molecule has 5 fully saturated rings. The summed E-state index contributed by atoms with van der Waals surface area (Å²) in [6, 6.07) is 48.2. The molecule has 0 amide bonds. The van der Waals surface area contributed by atoms with Gasteiger partial charge in [-0.15, -0.1) is 0 Å². The Labute approximate surface area is 849 Å². The van der Waals surface area contributed by atoms with Gasteiger partial charge in [-0.1, -0.05) is 37.1 Å². The molecule has 0 spiro atoms. The Kier molecular flexibility index (Phi) is 38.2. The number of fused-ring (bicyclic) bond motifs is 4. The summed E-state index contributed by atoms with van der Waals surface area (Å²) in [6.45, 7) is 11.2. The van der Waals surface area contributed by atoms with Gasteiger partial charge in [0.1, 0.15) is 58.8 Å². The van der Waals surface area contributed by atoms with Gasteiger partial charge in [-0.05, 0) is 155 Å². The molecule has 2 aliphatic carbocycles. The van der Waals surface area contributed by atoms with Crippen LogP contribution in [0, 0.1) is 17.8 Å². The van der Waals surface area contributed by atoms with E-state index in [1.165, 1.54) is 25.7 Å². The van der Waals surface area contributed by atoms with Crippen molar-refractivity contribution in [3.8, 4) is 91.0 Å². The standard InChI is InChI=1S/C29H33N5O3.C27H31N5O4.C26H30N6O3.C24H25N5O3.5CH4/c1-35-25-11-24(12-26(14-25)36-2)34(18-20-3-4-20)23-5-6-27-28(13-23)32-29(16-30-27)22-15-31-33(19-22)17-21-7-9-37-10-8-21;1-34-22-12-21(13-23(15-22)35-2)31(9-5-10-33)20-7-8-24-25(14-20)30-26(17-28-24)19-16-29-32(18-19)27-6-3-4-11-36-27;1-30-18-19(16-28-30)26-17-27-24-5-4-20(14-25(24)29-26)32(7-6-31-8-10-35-11-9-31)21-12-22(33-2)15-23(13-21)34-3;1-31-20-8-19(9-21(11-20)32-7-6-30)29(15-16-2-3-16)18-4-5-22-23(10-18)28-24(14-25-22)17-12-26-27-13-17;;;;;/h5-6,11-16,19-21H,3-4,7-10,17-18H2,1-2H3;7-8,12-18,27,33H,3-6,9-11H2,1-2H3;4-5,12-18H,6-11H2,1-3H3;4-5,8-14,16,30H,2-3,6-7,15H2,1H3,(H,26,27);5*1H4. The van der Waals surface area contributed by atoms with Crippen LogP contribution in [0.1, 0.15) is 108 Å². The second kappa shape index (κ2) is 51.5. The summed E-state index contributed by atoms with van der Waals surface area (Å²) in [5, 5.41) is 38.9. The zero-order valence-corrected chi connectivity index (χ0v) is 80.3. The summed E-state index contributed by atoms with van der Waals surface area (Å²) in [5.41, 5.74) is 21.5. The van der Waals surface area contributed by atoms with Gasteiger partial charge < -0.3 is 81.9 Å². The van der Waals surface area contributed by atoms with Gasteiger partial charge in [-0.3, -0.25) is 39.3 Å². The molecule has 0 bridgehead atoms. The minimum absolute atomic E-state index is 0. The largest absolute Gasteiger partial charge is 0.497 e. The maximum Gasteiger partial charge on any atom is 0.150 e. The highest BCUT2D eigenvalue weighted by Crippen LogP contribution is 2.44. The predicted octanol–water partition coefficient (Wildman–Crippen LogP) is 20.9. The second-order valence-electron chi connectivity index (χ2n) is 35.2. The fourth-order valence-electron chi connectivity index (χ4n) is 17.4. The predicted molar refractivity (Wildman–Crippen MR) is 573 cm³/mol. The van der Waals surface area contributed by atoms with E-state index >= 15 is 0 Å². The van der Waals surface area contributed by atoms with Crippen LogP contribution in [-0.2, 0) is 27.8 Å². The SMILES string of the molecule is C.C.C.C.C.COc1cc(OC)cc(N(CC2CC2)c2ccc3ncc(-c4cnn(CC5CCOCC5)c4)nc3c2)c1.COc1cc(OC)cc(N(CCCO)c2ccc3ncc(-c4cnn(C5CCCCO5)c4)nc3c2)c1.COc1cc(OC)cc(N(CCN2CCOCC2)c2ccc3ncc(-c4cnn(C)c4)nc3c2)c1.COc1cc(OCCO)cc(N(CC2CC2)c2ccc3ncc(-c4cn[nH]c4)nc3c2)c1. The smallest absolute Gasteiger partial charge is 0.150 e. The van der Waals surface area contributed by atoms with Crippen molar-refractivity contribution in [2.24, 2.45) is 24.8 Å². The molecule has 21 rings (SSSR count). The number of morpholine rings is 1. The van der Waals surface area contributed by atoms with E-state index in [0.29, 0.717) is 53.7 Å². The topological polar surface area (TPSA) is 343 Å². The number of nitrogens with one attached hydrogen (secondary N) is 1. The monoisotopic (exact) mass is 1970 g/mol. The average Bonchev–Trinajstić information content (AvgIpc) is 1.41. The van der Waals surface area contributed by atoms with Crippen LogP contribution < -0.4 is 57.5 Å². The van der Waals surface area contributed by atoms with Crippen LogP contribution in [0.5, 0.6) is 46.0 Å². The van der Waals surface area contributed by atoms with Crippen LogP contribution in [0.2, 0.25) is 0 Å². The van der Waals surface area contributed by atoms with Gasteiger partial charge in [0, 0.05) is 251 Å². The lowest BCUT2D eigenvalue weighted by atomic mass is 10.0. The number of rotatable bonds is 35. The number of aromatic amines is 1. The van der Waals surface area contributed by atoms with Crippen LogP contribution >= 0.6 is 0 Å². The van der Waals surface area contributed by atoms with Crippen LogP contribution in [0.15, 0.2) is 220 Å². The minimum Gasteiger partial charge on any atom is -0.497 e. The number of nitrogens with zero attached hydrogens (tertiary/aromatic N) is 20. The number of aliphatic hydroxyl groups is 2. The van der Waals surface area contributed by atoms with Gasteiger partial charge in [0.25, 0.3) is 0 Å². The van der Waals surface area contributed by atoms with E-state index in [4.69, 9.17) is 82.1 Å². The third-order valence-electron chi connectivity index (χ3n) is 25.5. The van der Waals surface area contributed by atoms with E-state index < -0.39 is 0 Å². The molecule has 3 N–H and O–H groups in total. The number of hydrogen-bond donors (Lipinski definition) is 3. The van der Waals surface area contributed by atoms with Crippen molar-refractivity contribution in [3.05, 3.63) is 220 Å². The lowest BCUT2D eigenvalue weighted by molar-refractivity contribution is -0.0394. The van der Waals surface area contributed by atoms with Gasteiger partial charge in [0.05, 0.1) is 186 Å². The second-order valence-corrected chi connectivity index (χ2v) is 35.2. The number of aryl methyl sites for hydroxylation is 1. The number of ether oxygens (including phenoxy) is 11. The lowest BCUT2D eigenvalue weighted by Crippen LogP contribution is -2.40. The molecule has 11 heterocycles. The highest BCUT2D eigenvalue weighted by atomic mass is 16.5. The number of methoxy groups -OCH3 is 7. The first-order valence-electron chi connectivity index (χ1n) is 47.7. The van der Waals surface area contributed by atoms with Crippen molar-refractivity contribution in [2.45, 2.75) is 114 Å². The number of H-pyrrole nitrogens is 1. The zero-order valence-electron chi connectivity index (χ0n) is 80.3. The molecule has 5 aliphatic rings. The Morgan fingerprint density at radius 2 is 0.779 bits per heavy atom. The van der Waals surface area contributed by atoms with E-state index in [-0.39, 0.29) is 63.2 Å². The molecule has 16 aromatic rings. The molecule has 34 nitrogen and oxygen atoms in total. The summed E-state index contributed by atoms with van der Waals surface area (Å²) < 4.78 is 66.9. The first-order valence-corrected chi connectivity index (χ1v) is 47.7. The Morgan fingerprint density at radius 1 is 0.372 bits per heavy atom. The minimum atomic E-state index is -0.0410. The maximum atomic E-state index is 9.53. The molecule has 1 atom stereocenters. The average molecular weight is 1980 g/mol. The van der Waals surface area contributed by atoms with Crippen LogP contribution in [-0.4, -0.2) is 243 Å². The number of hydrogen-bond acceptors (Lipinski definition) is 30. The maximum absolute atomic E-state index is 9.53. The van der Waals surface area contributed by atoms with Crippen molar-refractivity contribution >= 4 is 89.6 Å². The summed E-state index contributed by atoms with van der Waals surface area (Å²) >= 11 is 0. The molecule has 8 aromatic carbocycles. The van der Waals surface area contributed by atoms with Crippen molar-refractivity contribution in [1.82, 2.24) is 84.3 Å². The van der Waals surface area contributed by atoms with E-state index in [1.807, 2.05) is 151 Å². The Bertz CT molecular complexity index is 6750. The van der Waals surface area contributed by atoms with E-state index in [1.54, 1.807) is 85.4 Å². The summed E-state index contributed by atoms with van der Waals surface area (Å²) in [4.78, 5) is 49.6. The van der Waals surface area contributed by atoms with Gasteiger partial charge >= 0.3 is 0 Å². The molecular formula is C111H139N21O13. The third-order valence-corrected chi connectivity index (χ3v) is 25.5. The summed E-state index contributed by atoms with van der Waals surface area (Å²) in [5.74, 6) is 7.75. The summed E-state index contributed by atoms with van der Waals surface area (Å²) in [6.07, 6.45) is 33.2. The fourth-order valence-corrected chi connectivity index (χ4v) is 17.4. The first-order chi connectivity index (χ1) is 68.7. The number of aliphatic hydroxyl groups excluding tert-OH is 2. The molecule has 766 valence electrons. The van der Waals surface area contributed by atoms with Gasteiger partial charge in [-0.2, -0.15) is 20.4 Å². The normalized spacial score (nSPS) is 14.4. The molecule has 3 aliphatic heterocycles. The highest BCUT2D eigenvalue weighted by molar-refractivity contribution is 5.87. The molecule has 3 saturated heterocycles. The van der Waals surface area contributed by atoms with Crippen molar-refractivity contribution in [1.29, 1.82) is 0 Å². The van der Waals surface area contributed by atoms with Gasteiger partial charge in [0.2, 0.25) is 0 Å². The number of benzene rings is 8. The fraction of sp³-hybridized carbons (Fsp3) is 0.387. The van der Waals surface area contributed by atoms with Crippen molar-refractivity contribution in [2.75, 3.05) is 168 Å². The Morgan fingerprint density at radius 3 is 1.19 bits per heavy atom. The molecule has 0 radical (unpaired) electrons. The quantitative estimate of drug-likeness (QED) is 0.0332. The van der Waals surface area contributed by atoms with Crippen LogP contribution in [0.25, 0.3) is 89.2 Å². The van der Waals surface area contributed by atoms with Gasteiger partial charge in [0.15, 0.2) is 0 Å². The number of aromatic nitrogens is 16. The van der Waals surface area contributed by atoms with Crippen molar-refractivity contribution in [3.63, 3.8) is 0 Å². The number of anilines is 8. The Hall–Kier alpha value is -14.7. The molecule has 34 heteroatoms. The third kappa shape index (κ3) is 27.5. The van der Waals surface area contributed by atoms with Crippen LogP contribution in [0.3, 0.4) is 0 Å². The summed E-state index contributed by atoms with van der Waals surface area (Å²) in [7, 11) is 13.5. The van der Waals surface area contributed by atoms with Crippen LogP contribution in [0.4, 0.5) is 45.5 Å². The van der Waals surface area contributed by atoms with E-state index in [9.17, 15) is 5.11 Å². The molecule has 145 heavy (non-hydrogen) atoms. The molecule has 8 aromatic heterocycles. The zero-order chi connectivity index (χ0) is 96.2. The first kappa shape index (κ1) is 108. The Balaban J connectivity index is 0.000000160. The van der Waals surface area contributed by atoms with Crippen molar-refractivity contribution < 1.29 is 62.3 Å². The van der Waals surface area contributed by atoms with E-state index in [2.05, 4.69) is 120 Å². The lowest BCUT2D eigenvalue weighted by Gasteiger charge is -2.31. The highest BCUT2D eigenvalue weighted by Gasteiger charge is 2.30.